The molecular formula is C22H17N5O4. The summed E-state index contributed by atoms with van der Waals surface area (Å²) in [7, 11) is 0. The van der Waals surface area contributed by atoms with Gasteiger partial charge in [-0.15, -0.1) is 0 Å². The van der Waals surface area contributed by atoms with Gasteiger partial charge in [0.15, 0.2) is 11.4 Å². The van der Waals surface area contributed by atoms with E-state index in [1.54, 1.807) is 55.1 Å². The molecule has 9 heteroatoms. The number of phenols is 1. The molecule has 0 bridgehead atoms. The SMILES string of the molecule is O=C1NC(=O)[C@](Cn2cc3ccc(O)cc3c2O)(c2ccc(-c3cnccn3)cc2)N1. The number of imide groups is 1. The molecule has 0 saturated carbocycles. The number of hydrogen-bond donors (Lipinski definition) is 4. The summed E-state index contributed by atoms with van der Waals surface area (Å²) in [6, 6.07) is 11.1. The largest absolute Gasteiger partial charge is 0.508 e. The van der Waals surface area contributed by atoms with E-state index in [0.29, 0.717) is 22.0 Å². The summed E-state index contributed by atoms with van der Waals surface area (Å²) in [6.45, 7) is -0.0453. The quantitative estimate of drug-likeness (QED) is 0.378. The summed E-state index contributed by atoms with van der Waals surface area (Å²) in [6.07, 6.45) is 6.47. The Hall–Kier alpha value is -4.40. The Labute approximate surface area is 176 Å². The van der Waals surface area contributed by atoms with Gasteiger partial charge in [0.2, 0.25) is 0 Å². The molecule has 0 aliphatic carbocycles. The smallest absolute Gasteiger partial charge is 0.322 e. The third-order valence-electron chi connectivity index (χ3n) is 5.43. The van der Waals surface area contributed by atoms with Gasteiger partial charge in [0.25, 0.3) is 5.91 Å². The van der Waals surface area contributed by atoms with Crippen LogP contribution < -0.4 is 10.6 Å². The number of aromatic nitrogens is 3. The van der Waals surface area contributed by atoms with Gasteiger partial charge in [0.1, 0.15) is 5.75 Å². The van der Waals surface area contributed by atoms with Crippen molar-refractivity contribution in [1.29, 1.82) is 0 Å². The molecule has 2 aromatic heterocycles. The number of phenolic OH excluding ortho intramolecular Hbond substituents is 1. The van der Waals surface area contributed by atoms with Crippen LogP contribution in [0.1, 0.15) is 5.56 Å². The molecule has 5 rings (SSSR count). The van der Waals surface area contributed by atoms with Gasteiger partial charge in [0, 0.05) is 34.9 Å². The summed E-state index contributed by atoms with van der Waals surface area (Å²) < 4.78 is 1.48. The van der Waals surface area contributed by atoms with Crippen LogP contribution in [0, 0.1) is 0 Å². The number of urea groups is 1. The highest BCUT2D eigenvalue weighted by molar-refractivity contribution is 6.07. The van der Waals surface area contributed by atoms with Crippen molar-refractivity contribution in [3.8, 4) is 22.9 Å². The van der Waals surface area contributed by atoms with Crippen molar-refractivity contribution < 1.29 is 19.8 Å². The molecule has 1 aliphatic heterocycles. The van der Waals surface area contributed by atoms with Gasteiger partial charge in [-0.05, 0) is 23.8 Å². The molecule has 3 heterocycles. The van der Waals surface area contributed by atoms with E-state index in [1.165, 1.54) is 16.7 Å². The zero-order valence-electron chi connectivity index (χ0n) is 16.1. The van der Waals surface area contributed by atoms with E-state index in [2.05, 4.69) is 20.6 Å². The predicted molar refractivity (Wildman–Crippen MR) is 111 cm³/mol. The lowest BCUT2D eigenvalue weighted by Crippen LogP contribution is -2.47. The van der Waals surface area contributed by atoms with Crippen molar-refractivity contribution in [3.63, 3.8) is 0 Å². The lowest BCUT2D eigenvalue weighted by atomic mass is 9.89. The summed E-state index contributed by atoms with van der Waals surface area (Å²) >= 11 is 0. The number of nitrogens with one attached hydrogen (secondary N) is 2. The van der Waals surface area contributed by atoms with Crippen LogP contribution in [0.4, 0.5) is 4.79 Å². The van der Waals surface area contributed by atoms with Gasteiger partial charge < -0.3 is 20.1 Å². The first-order chi connectivity index (χ1) is 15.0. The minimum Gasteiger partial charge on any atom is -0.508 e. The fraction of sp³-hybridized carbons (Fsp3) is 0.0909. The molecule has 4 N–H and O–H groups in total. The topological polar surface area (TPSA) is 129 Å². The second-order valence-corrected chi connectivity index (χ2v) is 7.33. The van der Waals surface area contributed by atoms with Crippen LogP contribution in [0.5, 0.6) is 11.6 Å². The van der Waals surface area contributed by atoms with Gasteiger partial charge in [-0.2, -0.15) is 0 Å². The van der Waals surface area contributed by atoms with E-state index >= 15 is 0 Å². The fourth-order valence-electron chi connectivity index (χ4n) is 3.88. The van der Waals surface area contributed by atoms with Gasteiger partial charge in [-0.1, -0.05) is 24.3 Å². The minimum atomic E-state index is -1.42. The van der Waals surface area contributed by atoms with Crippen LogP contribution in [0.15, 0.2) is 67.3 Å². The zero-order valence-corrected chi connectivity index (χ0v) is 16.1. The van der Waals surface area contributed by atoms with E-state index in [-0.39, 0.29) is 18.2 Å². The van der Waals surface area contributed by atoms with E-state index in [9.17, 15) is 19.8 Å². The average molecular weight is 415 g/mol. The zero-order chi connectivity index (χ0) is 21.6. The molecule has 0 radical (unpaired) electrons. The number of carbonyl (C=O) groups is 2. The highest BCUT2D eigenvalue weighted by Gasteiger charge is 2.48. The molecule has 1 saturated heterocycles. The average Bonchev–Trinajstić information content (AvgIpc) is 3.24. The van der Waals surface area contributed by atoms with Crippen LogP contribution in [-0.4, -0.2) is 36.7 Å². The maximum Gasteiger partial charge on any atom is 0.322 e. The molecular weight excluding hydrogens is 398 g/mol. The number of amides is 3. The number of hydrogen-bond acceptors (Lipinski definition) is 6. The number of fused-ring (bicyclic) bond motifs is 1. The van der Waals surface area contributed by atoms with Crippen LogP contribution >= 0.6 is 0 Å². The Morgan fingerprint density at radius 3 is 2.52 bits per heavy atom. The lowest BCUT2D eigenvalue weighted by molar-refractivity contribution is -0.124. The molecule has 1 fully saturated rings. The highest BCUT2D eigenvalue weighted by Crippen LogP contribution is 2.35. The van der Waals surface area contributed by atoms with Crippen molar-refractivity contribution in [1.82, 2.24) is 25.2 Å². The second kappa shape index (κ2) is 6.84. The standard InChI is InChI=1S/C22H17N5O4/c28-16-6-3-14-11-27(19(29)17(14)9-16)12-22(20(30)25-21(31)26-22)15-4-1-13(2-5-15)18-10-23-7-8-24-18/h1-11,28-29H,12H2,(H2,25,26,30,31)/t22-/m0/s1. The molecule has 3 amide bonds. The molecule has 1 atom stereocenters. The predicted octanol–water partition coefficient (Wildman–Crippen LogP) is 2.24. The summed E-state index contributed by atoms with van der Waals surface area (Å²) in [5.41, 5.74) is 0.606. The third-order valence-corrected chi connectivity index (χ3v) is 5.43. The van der Waals surface area contributed by atoms with Crippen molar-refractivity contribution in [2.45, 2.75) is 12.1 Å². The molecule has 2 aromatic carbocycles. The number of benzene rings is 2. The van der Waals surface area contributed by atoms with E-state index in [0.717, 1.165) is 5.56 Å². The van der Waals surface area contributed by atoms with Crippen molar-refractivity contribution >= 4 is 22.7 Å². The Kier molecular flexibility index (Phi) is 4.11. The third kappa shape index (κ3) is 3.03. The Morgan fingerprint density at radius 1 is 1.03 bits per heavy atom. The Bertz CT molecular complexity index is 1320. The van der Waals surface area contributed by atoms with Gasteiger partial charge in [-0.25, -0.2) is 4.79 Å². The van der Waals surface area contributed by atoms with E-state index in [4.69, 9.17) is 0 Å². The number of aromatic hydroxyl groups is 2. The van der Waals surface area contributed by atoms with Gasteiger partial charge in [-0.3, -0.25) is 20.1 Å². The Morgan fingerprint density at radius 2 is 1.84 bits per heavy atom. The number of rotatable bonds is 4. The van der Waals surface area contributed by atoms with Gasteiger partial charge in [0.05, 0.1) is 18.4 Å². The summed E-state index contributed by atoms with van der Waals surface area (Å²) in [5.74, 6) is -0.623. The van der Waals surface area contributed by atoms with Crippen molar-refractivity contribution in [2.24, 2.45) is 0 Å². The highest BCUT2D eigenvalue weighted by atomic mass is 16.3. The fourth-order valence-corrected chi connectivity index (χ4v) is 3.88. The van der Waals surface area contributed by atoms with Crippen LogP contribution in [0.25, 0.3) is 22.0 Å². The molecule has 31 heavy (non-hydrogen) atoms. The lowest BCUT2D eigenvalue weighted by Gasteiger charge is -2.27. The van der Waals surface area contributed by atoms with Crippen LogP contribution in [0.3, 0.4) is 0 Å². The molecule has 0 spiro atoms. The molecule has 0 unspecified atom stereocenters. The maximum absolute atomic E-state index is 12.9. The monoisotopic (exact) mass is 415 g/mol. The normalized spacial score (nSPS) is 18.2. The molecule has 154 valence electrons. The molecule has 4 aromatic rings. The molecule has 1 aliphatic rings. The number of carbonyl (C=O) groups excluding carboxylic acids is 2. The Balaban J connectivity index is 1.57. The number of nitrogens with zero attached hydrogens (tertiary/aromatic N) is 3. The first-order valence-corrected chi connectivity index (χ1v) is 9.48. The van der Waals surface area contributed by atoms with Crippen LogP contribution in [-0.2, 0) is 16.9 Å². The summed E-state index contributed by atoms with van der Waals surface area (Å²) in [4.78, 5) is 33.3. The van der Waals surface area contributed by atoms with Crippen LogP contribution in [0.2, 0.25) is 0 Å². The maximum atomic E-state index is 12.9. The van der Waals surface area contributed by atoms with Crippen molar-refractivity contribution in [2.75, 3.05) is 0 Å². The van der Waals surface area contributed by atoms with Crippen molar-refractivity contribution in [3.05, 3.63) is 72.8 Å². The summed E-state index contributed by atoms with van der Waals surface area (Å²) in [5, 5.41) is 26.5. The van der Waals surface area contributed by atoms with E-state index < -0.39 is 17.5 Å². The molecule has 9 nitrogen and oxygen atoms in total. The minimum absolute atomic E-state index is 0.0155. The second-order valence-electron chi connectivity index (χ2n) is 7.33. The van der Waals surface area contributed by atoms with Gasteiger partial charge >= 0.3 is 6.03 Å². The first-order valence-electron chi connectivity index (χ1n) is 9.48. The van der Waals surface area contributed by atoms with E-state index in [1.807, 2.05) is 0 Å². The first kappa shape index (κ1) is 18.6.